The fraction of sp³-hybridized carbons (Fsp3) is 0.500. The summed E-state index contributed by atoms with van der Waals surface area (Å²) in [6.07, 6.45) is 1.37. The monoisotopic (exact) mass is 248 g/mol. The number of methoxy groups -OCH3 is 1. The van der Waals surface area contributed by atoms with Crippen LogP contribution in [0.1, 0.15) is 24.4 Å². The normalized spacial score (nSPS) is 12.2. The van der Waals surface area contributed by atoms with E-state index in [1.165, 1.54) is 0 Å². The van der Waals surface area contributed by atoms with Crippen LogP contribution >= 0.6 is 0 Å². The van der Waals surface area contributed by atoms with E-state index in [2.05, 4.69) is 11.0 Å². The fourth-order valence-corrected chi connectivity index (χ4v) is 1.89. The predicted octanol–water partition coefficient (Wildman–Crippen LogP) is 1.96. The molecule has 0 aromatic heterocycles. The Bertz CT molecular complexity index is 384. The Kier molecular flexibility index (Phi) is 6.20. The maximum absolute atomic E-state index is 9.49. The molecule has 0 amide bonds. The zero-order chi connectivity index (χ0) is 13.4. The van der Waals surface area contributed by atoms with Gasteiger partial charge in [0.15, 0.2) is 0 Å². The third kappa shape index (κ3) is 4.02. The summed E-state index contributed by atoms with van der Waals surface area (Å²) >= 11 is 0. The number of rotatable bonds is 7. The van der Waals surface area contributed by atoms with Crippen LogP contribution in [0.4, 0.5) is 0 Å². The van der Waals surface area contributed by atoms with Gasteiger partial charge in [0.2, 0.25) is 0 Å². The van der Waals surface area contributed by atoms with Crippen LogP contribution in [0, 0.1) is 11.3 Å². The molecule has 98 valence electrons. The lowest BCUT2D eigenvalue weighted by atomic mass is 10.1. The maximum Gasteiger partial charge on any atom is 0.118 e. The van der Waals surface area contributed by atoms with Gasteiger partial charge in [0.05, 0.1) is 25.8 Å². The molecular formula is C14H20N2O2. The molecule has 0 aliphatic heterocycles. The van der Waals surface area contributed by atoms with Crippen molar-refractivity contribution in [3.63, 3.8) is 0 Å². The standard InChI is InChI=1S/C14H20N2O2/c1-16(10-4-3-9-15)14(11-17)12-5-7-13(18-2)8-6-12/h5-8,14,17H,3-4,10-11H2,1-2H3. The van der Waals surface area contributed by atoms with Crippen LogP contribution in [0.2, 0.25) is 0 Å². The Balaban J connectivity index is 2.66. The van der Waals surface area contributed by atoms with Gasteiger partial charge in [-0.15, -0.1) is 0 Å². The van der Waals surface area contributed by atoms with E-state index < -0.39 is 0 Å². The van der Waals surface area contributed by atoms with Crippen molar-refractivity contribution >= 4 is 0 Å². The highest BCUT2D eigenvalue weighted by Crippen LogP contribution is 2.21. The lowest BCUT2D eigenvalue weighted by Crippen LogP contribution is -2.28. The van der Waals surface area contributed by atoms with E-state index in [1.54, 1.807) is 7.11 Å². The first kappa shape index (κ1) is 14.5. The summed E-state index contributed by atoms with van der Waals surface area (Å²) in [5.74, 6) is 0.808. The molecule has 0 saturated heterocycles. The van der Waals surface area contributed by atoms with Crippen LogP contribution in [0.3, 0.4) is 0 Å². The second-order valence-electron chi connectivity index (χ2n) is 4.21. The van der Waals surface area contributed by atoms with Crippen LogP contribution in [-0.4, -0.2) is 37.3 Å². The molecule has 18 heavy (non-hydrogen) atoms. The topological polar surface area (TPSA) is 56.5 Å². The average Bonchev–Trinajstić information content (AvgIpc) is 2.41. The first-order valence-corrected chi connectivity index (χ1v) is 6.05. The lowest BCUT2D eigenvalue weighted by Gasteiger charge is -2.26. The van der Waals surface area contributed by atoms with E-state index in [0.29, 0.717) is 6.42 Å². The van der Waals surface area contributed by atoms with E-state index in [-0.39, 0.29) is 12.6 Å². The summed E-state index contributed by atoms with van der Waals surface area (Å²) in [5.41, 5.74) is 1.05. The molecule has 1 aromatic rings. The molecule has 1 atom stereocenters. The summed E-state index contributed by atoms with van der Waals surface area (Å²) in [6.45, 7) is 0.861. The Hall–Kier alpha value is -1.57. The van der Waals surface area contributed by atoms with Gasteiger partial charge in [-0.3, -0.25) is 4.90 Å². The highest BCUT2D eigenvalue weighted by molar-refractivity contribution is 5.29. The number of nitrogens with zero attached hydrogens (tertiary/aromatic N) is 2. The van der Waals surface area contributed by atoms with Crippen molar-refractivity contribution in [3.8, 4) is 11.8 Å². The van der Waals surface area contributed by atoms with Crippen molar-refractivity contribution in [1.82, 2.24) is 4.90 Å². The van der Waals surface area contributed by atoms with Gasteiger partial charge in [0, 0.05) is 6.42 Å². The van der Waals surface area contributed by atoms with Crippen molar-refractivity contribution in [1.29, 1.82) is 5.26 Å². The Morgan fingerprint density at radius 2 is 2.06 bits per heavy atom. The molecule has 0 fully saturated rings. The molecule has 1 unspecified atom stereocenters. The van der Waals surface area contributed by atoms with Crippen LogP contribution in [0.15, 0.2) is 24.3 Å². The van der Waals surface area contributed by atoms with Crippen LogP contribution in [0.5, 0.6) is 5.75 Å². The van der Waals surface area contributed by atoms with E-state index in [1.807, 2.05) is 31.3 Å². The van der Waals surface area contributed by atoms with Gasteiger partial charge in [-0.05, 0) is 37.7 Å². The Morgan fingerprint density at radius 3 is 2.56 bits per heavy atom. The summed E-state index contributed by atoms with van der Waals surface area (Å²) in [7, 11) is 3.59. The first-order chi connectivity index (χ1) is 8.72. The first-order valence-electron chi connectivity index (χ1n) is 6.05. The zero-order valence-electron chi connectivity index (χ0n) is 11.0. The SMILES string of the molecule is COc1ccc(C(CO)N(C)CCCC#N)cc1. The molecule has 4 nitrogen and oxygen atoms in total. The highest BCUT2D eigenvalue weighted by atomic mass is 16.5. The van der Waals surface area contributed by atoms with Crippen molar-refractivity contribution < 1.29 is 9.84 Å². The second-order valence-corrected chi connectivity index (χ2v) is 4.21. The fourth-order valence-electron chi connectivity index (χ4n) is 1.89. The molecule has 1 rings (SSSR count). The molecule has 0 radical (unpaired) electrons. The van der Waals surface area contributed by atoms with Gasteiger partial charge >= 0.3 is 0 Å². The van der Waals surface area contributed by atoms with Gasteiger partial charge in [-0.2, -0.15) is 5.26 Å². The number of hydrogen-bond acceptors (Lipinski definition) is 4. The summed E-state index contributed by atoms with van der Waals surface area (Å²) in [6, 6.07) is 9.79. The summed E-state index contributed by atoms with van der Waals surface area (Å²) in [4.78, 5) is 2.07. The van der Waals surface area contributed by atoms with Crippen molar-refractivity contribution in [3.05, 3.63) is 29.8 Å². The van der Waals surface area contributed by atoms with E-state index >= 15 is 0 Å². The molecule has 0 aliphatic carbocycles. The zero-order valence-corrected chi connectivity index (χ0v) is 11.0. The van der Waals surface area contributed by atoms with Gasteiger partial charge in [0.25, 0.3) is 0 Å². The minimum Gasteiger partial charge on any atom is -0.497 e. The van der Waals surface area contributed by atoms with Crippen molar-refractivity contribution in [2.75, 3.05) is 27.3 Å². The van der Waals surface area contributed by atoms with Gasteiger partial charge < -0.3 is 9.84 Å². The molecule has 0 aliphatic rings. The van der Waals surface area contributed by atoms with E-state index in [4.69, 9.17) is 10.00 Å². The van der Waals surface area contributed by atoms with E-state index in [9.17, 15) is 5.11 Å². The van der Waals surface area contributed by atoms with Gasteiger partial charge in [0.1, 0.15) is 5.75 Å². The molecule has 1 aromatic carbocycles. The molecule has 0 saturated carbocycles. The molecule has 0 heterocycles. The molecule has 4 heteroatoms. The number of hydrogen-bond donors (Lipinski definition) is 1. The Morgan fingerprint density at radius 1 is 1.39 bits per heavy atom. The smallest absolute Gasteiger partial charge is 0.118 e. The van der Waals surface area contributed by atoms with Gasteiger partial charge in [-0.1, -0.05) is 12.1 Å². The maximum atomic E-state index is 9.49. The third-order valence-electron chi connectivity index (χ3n) is 3.00. The molecular weight excluding hydrogens is 228 g/mol. The van der Waals surface area contributed by atoms with Gasteiger partial charge in [-0.25, -0.2) is 0 Å². The number of aliphatic hydroxyl groups is 1. The quantitative estimate of drug-likeness (QED) is 0.749. The molecule has 1 N–H and O–H groups in total. The van der Waals surface area contributed by atoms with Crippen LogP contribution in [-0.2, 0) is 0 Å². The minimum absolute atomic E-state index is 0.0328. The number of aliphatic hydroxyl groups excluding tert-OH is 1. The number of likely N-dealkylation sites (N-methyl/N-ethyl adjacent to an activating group) is 1. The lowest BCUT2D eigenvalue weighted by molar-refractivity contribution is 0.147. The van der Waals surface area contributed by atoms with Crippen molar-refractivity contribution in [2.24, 2.45) is 0 Å². The third-order valence-corrected chi connectivity index (χ3v) is 3.00. The number of unbranched alkanes of at least 4 members (excludes halogenated alkanes) is 1. The van der Waals surface area contributed by atoms with E-state index in [0.717, 1.165) is 24.3 Å². The van der Waals surface area contributed by atoms with Crippen LogP contribution < -0.4 is 4.74 Å². The molecule has 0 spiro atoms. The summed E-state index contributed by atoms with van der Waals surface area (Å²) < 4.78 is 5.11. The average molecular weight is 248 g/mol. The van der Waals surface area contributed by atoms with Crippen LogP contribution in [0.25, 0.3) is 0 Å². The minimum atomic E-state index is -0.0328. The Labute approximate surface area is 108 Å². The largest absolute Gasteiger partial charge is 0.497 e. The molecule has 0 bridgehead atoms. The second kappa shape index (κ2) is 7.70. The number of benzene rings is 1. The number of nitriles is 1. The number of ether oxygens (including phenoxy) is 1. The summed E-state index contributed by atoms with van der Waals surface area (Å²) in [5, 5.41) is 18.0. The highest BCUT2D eigenvalue weighted by Gasteiger charge is 2.15. The van der Waals surface area contributed by atoms with Crippen molar-refractivity contribution in [2.45, 2.75) is 18.9 Å². The predicted molar refractivity (Wildman–Crippen MR) is 70.3 cm³/mol.